The molecule has 1 saturated carbocycles. The van der Waals surface area contributed by atoms with Gasteiger partial charge in [-0.2, -0.15) is 0 Å². The zero-order valence-corrected chi connectivity index (χ0v) is 11.6. The molecule has 0 radical (unpaired) electrons. The second-order valence-corrected chi connectivity index (χ2v) is 6.06. The molecule has 1 aliphatic carbocycles. The molecule has 0 aromatic carbocycles. The van der Waals surface area contributed by atoms with Crippen molar-refractivity contribution in [1.82, 2.24) is 10.2 Å². The summed E-state index contributed by atoms with van der Waals surface area (Å²) in [5.41, 5.74) is 0. The largest absolute Gasteiger partial charge is 0.389 e. The fourth-order valence-corrected chi connectivity index (χ4v) is 2.61. The van der Waals surface area contributed by atoms with Gasteiger partial charge in [0.2, 0.25) is 0 Å². The Bertz CT molecular complexity index is 234. The van der Waals surface area contributed by atoms with Gasteiger partial charge in [-0.1, -0.05) is 0 Å². The predicted octanol–water partition coefficient (Wildman–Crippen LogP) is 0.705. The zero-order valence-electron chi connectivity index (χ0n) is 11.6. The number of nitrogens with one attached hydrogen (secondary N) is 1. The van der Waals surface area contributed by atoms with Crippen molar-refractivity contribution < 1.29 is 9.84 Å². The van der Waals surface area contributed by atoms with E-state index in [1.165, 1.54) is 38.8 Å². The van der Waals surface area contributed by atoms with Crippen LogP contribution in [-0.4, -0.2) is 62.6 Å². The number of ether oxygens (including phenoxy) is 1. The standard InChI is InChI=1S/C14H28N2O2/c1-16-6-2-3-13(9-16)7-15-8-14(17)11-18-10-12-4-5-12/h12-15,17H,2-11H2,1H3. The van der Waals surface area contributed by atoms with Gasteiger partial charge in [-0.15, -0.1) is 0 Å². The van der Waals surface area contributed by atoms with E-state index < -0.39 is 0 Å². The molecular formula is C14H28N2O2. The predicted molar refractivity (Wildman–Crippen MR) is 72.6 cm³/mol. The lowest BCUT2D eigenvalue weighted by Crippen LogP contribution is -2.40. The van der Waals surface area contributed by atoms with E-state index in [-0.39, 0.29) is 6.10 Å². The number of hydrogen-bond acceptors (Lipinski definition) is 4. The van der Waals surface area contributed by atoms with Crippen LogP contribution in [0.2, 0.25) is 0 Å². The Hall–Kier alpha value is -0.160. The van der Waals surface area contributed by atoms with Gasteiger partial charge in [0, 0.05) is 19.7 Å². The van der Waals surface area contributed by atoms with Gasteiger partial charge in [-0.3, -0.25) is 0 Å². The number of rotatable bonds is 8. The van der Waals surface area contributed by atoms with E-state index in [4.69, 9.17) is 4.74 Å². The van der Waals surface area contributed by atoms with Crippen LogP contribution >= 0.6 is 0 Å². The van der Waals surface area contributed by atoms with Crippen molar-refractivity contribution in [3.8, 4) is 0 Å². The molecule has 0 aromatic heterocycles. The first-order chi connectivity index (χ1) is 8.74. The van der Waals surface area contributed by atoms with Gasteiger partial charge in [0.25, 0.3) is 0 Å². The molecule has 106 valence electrons. The van der Waals surface area contributed by atoms with Gasteiger partial charge in [0.05, 0.1) is 12.7 Å². The molecule has 0 bridgehead atoms. The molecule has 0 spiro atoms. The van der Waals surface area contributed by atoms with Crippen molar-refractivity contribution in [1.29, 1.82) is 0 Å². The quantitative estimate of drug-likeness (QED) is 0.671. The molecule has 4 nitrogen and oxygen atoms in total. The average molecular weight is 256 g/mol. The fraction of sp³-hybridized carbons (Fsp3) is 1.00. The van der Waals surface area contributed by atoms with Crippen molar-refractivity contribution >= 4 is 0 Å². The third-order valence-electron chi connectivity index (χ3n) is 3.90. The van der Waals surface area contributed by atoms with Crippen molar-refractivity contribution in [2.45, 2.75) is 31.8 Å². The monoisotopic (exact) mass is 256 g/mol. The number of nitrogens with zero attached hydrogens (tertiary/aromatic N) is 1. The van der Waals surface area contributed by atoms with Gasteiger partial charge >= 0.3 is 0 Å². The van der Waals surface area contributed by atoms with Gasteiger partial charge in [-0.05, 0) is 57.7 Å². The van der Waals surface area contributed by atoms with E-state index in [1.807, 2.05) is 0 Å². The lowest BCUT2D eigenvalue weighted by atomic mass is 9.98. The van der Waals surface area contributed by atoms with Gasteiger partial charge < -0.3 is 20.1 Å². The highest BCUT2D eigenvalue weighted by Crippen LogP contribution is 2.28. The summed E-state index contributed by atoms with van der Waals surface area (Å²) in [6.07, 6.45) is 4.87. The summed E-state index contributed by atoms with van der Waals surface area (Å²) < 4.78 is 5.48. The van der Waals surface area contributed by atoms with E-state index in [1.54, 1.807) is 0 Å². The van der Waals surface area contributed by atoms with Crippen LogP contribution in [0.4, 0.5) is 0 Å². The highest BCUT2D eigenvalue weighted by Gasteiger charge is 2.21. The lowest BCUT2D eigenvalue weighted by molar-refractivity contribution is 0.0317. The molecule has 1 aliphatic heterocycles. The van der Waals surface area contributed by atoms with Crippen molar-refractivity contribution in [3.05, 3.63) is 0 Å². The summed E-state index contributed by atoms with van der Waals surface area (Å²) in [5, 5.41) is 13.1. The van der Waals surface area contributed by atoms with E-state index in [0.717, 1.165) is 25.0 Å². The maximum Gasteiger partial charge on any atom is 0.0897 e. The third-order valence-corrected chi connectivity index (χ3v) is 3.90. The number of hydrogen-bond donors (Lipinski definition) is 2. The summed E-state index contributed by atoms with van der Waals surface area (Å²) in [6, 6.07) is 0. The summed E-state index contributed by atoms with van der Waals surface area (Å²) in [4.78, 5) is 2.39. The molecule has 2 rings (SSSR count). The van der Waals surface area contributed by atoms with E-state index >= 15 is 0 Å². The molecule has 1 heterocycles. The van der Waals surface area contributed by atoms with E-state index in [2.05, 4.69) is 17.3 Å². The molecule has 2 atom stereocenters. The number of aliphatic hydroxyl groups excluding tert-OH is 1. The zero-order chi connectivity index (χ0) is 12.8. The maximum atomic E-state index is 9.77. The Kier molecular flexibility index (Phi) is 5.89. The maximum absolute atomic E-state index is 9.77. The van der Waals surface area contributed by atoms with Crippen LogP contribution in [-0.2, 0) is 4.74 Å². The topological polar surface area (TPSA) is 44.7 Å². The minimum Gasteiger partial charge on any atom is -0.389 e. The molecule has 2 N–H and O–H groups in total. The first kappa shape index (κ1) is 14.3. The highest BCUT2D eigenvalue weighted by atomic mass is 16.5. The Morgan fingerprint density at radius 1 is 1.33 bits per heavy atom. The number of likely N-dealkylation sites (tertiary alicyclic amines) is 1. The van der Waals surface area contributed by atoms with Crippen molar-refractivity contribution in [3.63, 3.8) is 0 Å². The molecule has 2 unspecified atom stereocenters. The first-order valence-electron chi connectivity index (χ1n) is 7.39. The summed E-state index contributed by atoms with van der Waals surface area (Å²) in [7, 11) is 2.19. The number of piperidine rings is 1. The molecule has 18 heavy (non-hydrogen) atoms. The summed E-state index contributed by atoms with van der Waals surface area (Å²) >= 11 is 0. The van der Waals surface area contributed by atoms with Gasteiger partial charge in [-0.25, -0.2) is 0 Å². The van der Waals surface area contributed by atoms with E-state index in [0.29, 0.717) is 13.2 Å². The smallest absolute Gasteiger partial charge is 0.0897 e. The van der Waals surface area contributed by atoms with Crippen LogP contribution in [0.5, 0.6) is 0 Å². The molecule has 4 heteroatoms. The average Bonchev–Trinajstić information content (AvgIpc) is 3.13. The minimum atomic E-state index is -0.356. The minimum absolute atomic E-state index is 0.356. The molecule has 2 fully saturated rings. The lowest BCUT2D eigenvalue weighted by Gasteiger charge is -2.30. The van der Waals surface area contributed by atoms with Crippen LogP contribution in [0.3, 0.4) is 0 Å². The normalized spacial score (nSPS) is 27.3. The molecule has 0 amide bonds. The highest BCUT2D eigenvalue weighted by molar-refractivity contribution is 4.74. The van der Waals surface area contributed by atoms with Crippen molar-refractivity contribution in [2.75, 3.05) is 46.4 Å². The summed E-state index contributed by atoms with van der Waals surface area (Å²) in [5.74, 6) is 1.52. The Morgan fingerprint density at radius 2 is 2.17 bits per heavy atom. The van der Waals surface area contributed by atoms with Crippen LogP contribution in [0.15, 0.2) is 0 Å². The molecule has 2 aliphatic rings. The molecule has 1 saturated heterocycles. The second kappa shape index (κ2) is 7.43. The Labute approximate surface area is 111 Å². The number of aliphatic hydroxyl groups is 1. The molecule has 0 aromatic rings. The third kappa shape index (κ3) is 5.65. The van der Waals surface area contributed by atoms with Gasteiger partial charge in [0.15, 0.2) is 0 Å². The Balaban J connectivity index is 1.45. The van der Waals surface area contributed by atoms with Crippen LogP contribution in [0.1, 0.15) is 25.7 Å². The SMILES string of the molecule is CN1CCCC(CNCC(O)COCC2CC2)C1. The first-order valence-corrected chi connectivity index (χ1v) is 7.39. The van der Waals surface area contributed by atoms with E-state index in [9.17, 15) is 5.11 Å². The molecular weight excluding hydrogens is 228 g/mol. The Morgan fingerprint density at radius 3 is 2.89 bits per heavy atom. The van der Waals surface area contributed by atoms with Crippen LogP contribution < -0.4 is 5.32 Å². The van der Waals surface area contributed by atoms with Gasteiger partial charge in [0.1, 0.15) is 0 Å². The van der Waals surface area contributed by atoms with Crippen molar-refractivity contribution in [2.24, 2.45) is 11.8 Å². The van der Waals surface area contributed by atoms with Crippen LogP contribution in [0.25, 0.3) is 0 Å². The van der Waals surface area contributed by atoms with Crippen LogP contribution in [0, 0.1) is 11.8 Å². The summed E-state index contributed by atoms with van der Waals surface area (Å²) in [6.45, 7) is 5.41. The fourth-order valence-electron chi connectivity index (χ4n) is 2.61. The second-order valence-electron chi connectivity index (χ2n) is 6.06.